The van der Waals surface area contributed by atoms with Gasteiger partial charge in [0.1, 0.15) is 5.75 Å². The first-order valence-electron chi connectivity index (χ1n) is 6.29. The molecule has 0 amide bonds. The fourth-order valence-electron chi connectivity index (χ4n) is 1.96. The Hall–Kier alpha value is -1.50. The largest absolute Gasteiger partial charge is 0.493 e. The van der Waals surface area contributed by atoms with Gasteiger partial charge in [0.2, 0.25) is 0 Å². The van der Waals surface area contributed by atoms with E-state index in [1.165, 1.54) is 0 Å². The van der Waals surface area contributed by atoms with E-state index >= 15 is 0 Å². The van der Waals surface area contributed by atoms with Crippen molar-refractivity contribution >= 4 is 0 Å². The fourth-order valence-corrected chi connectivity index (χ4v) is 1.96. The Kier molecular flexibility index (Phi) is 4.63. The summed E-state index contributed by atoms with van der Waals surface area (Å²) in [6.07, 6.45) is 1.10. The van der Waals surface area contributed by atoms with E-state index in [9.17, 15) is 0 Å². The number of aryl methyl sites for hydroxylation is 1. The molecule has 1 aliphatic heterocycles. The Morgan fingerprint density at radius 1 is 1.50 bits per heavy atom. The van der Waals surface area contributed by atoms with Gasteiger partial charge in [-0.25, -0.2) is 0 Å². The molecule has 3 heteroatoms. The molecule has 0 aliphatic carbocycles. The van der Waals surface area contributed by atoms with E-state index in [1.807, 2.05) is 25.1 Å². The molecule has 18 heavy (non-hydrogen) atoms. The third kappa shape index (κ3) is 3.49. The number of nitrogens with two attached hydrogens (primary N) is 1. The van der Waals surface area contributed by atoms with Gasteiger partial charge in [-0.3, -0.25) is 0 Å². The average Bonchev–Trinajstić information content (AvgIpc) is 2.88. The molecule has 1 heterocycles. The highest BCUT2D eigenvalue weighted by Crippen LogP contribution is 2.21. The number of hydrogen-bond acceptors (Lipinski definition) is 3. The molecule has 1 aliphatic rings. The first-order valence-corrected chi connectivity index (χ1v) is 6.29. The van der Waals surface area contributed by atoms with Gasteiger partial charge in [0.15, 0.2) is 0 Å². The summed E-state index contributed by atoms with van der Waals surface area (Å²) in [4.78, 5) is 0. The van der Waals surface area contributed by atoms with Crippen molar-refractivity contribution in [3.05, 3.63) is 29.3 Å². The standard InChI is InChI=1S/C15H19NO2/c1-12-9-13(3-2-7-16)4-5-15(12)18-11-14-6-8-17-10-14/h4-5,9,14H,6-8,10-11,16H2,1H3. The molecular weight excluding hydrogens is 226 g/mol. The van der Waals surface area contributed by atoms with Crippen LogP contribution in [0.15, 0.2) is 18.2 Å². The third-order valence-corrected chi connectivity index (χ3v) is 3.01. The second kappa shape index (κ2) is 6.44. The van der Waals surface area contributed by atoms with Crippen LogP contribution in [0.1, 0.15) is 17.5 Å². The van der Waals surface area contributed by atoms with E-state index in [0.29, 0.717) is 12.5 Å². The first-order chi connectivity index (χ1) is 8.79. The van der Waals surface area contributed by atoms with E-state index < -0.39 is 0 Å². The van der Waals surface area contributed by atoms with E-state index in [0.717, 1.165) is 43.1 Å². The minimum absolute atomic E-state index is 0.388. The lowest BCUT2D eigenvalue weighted by Crippen LogP contribution is -2.12. The molecule has 1 unspecified atom stereocenters. The van der Waals surface area contributed by atoms with Crippen LogP contribution in [0.2, 0.25) is 0 Å². The predicted octanol–water partition coefficient (Wildman–Crippen LogP) is 1.72. The van der Waals surface area contributed by atoms with Gasteiger partial charge in [0.05, 0.1) is 19.8 Å². The molecule has 96 valence electrons. The van der Waals surface area contributed by atoms with E-state index in [2.05, 4.69) is 11.8 Å². The van der Waals surface area contributed by atoms with Gasteiger partial charge >= 0.3 is 0 Å². The highest BCUT2D eigenvalue weighted by atomic mass is 16.5. The SMILES string of the molecule is Cc1cc(C#CCN)ccc1OCC1CCOC1. The van der Waals surface area contributed by atoms with Gasteiger partial charge in [-0.05, 0) is 37.1 Å². The van der Waals surface area contributed by atoms with Crippen molar-refractivity contribution in [1.29, 1.82) is 0 Å². The summed E-state index contributed by atoms with van der Waals surface area (Å²) >= 11 is 0. The zero-order valence-corrected chi connectivity index (χ0v) is 10.7. The third-order valence-electron chi connectivity index (χ3n) is 3.01. The summed E-state index contributed by atoms with van der Waals surface area (Å²) < 4.78 is 11.2. The number of ether oxygens (including phenoxy) is 2. The van der Waals surface area contributed by atoms with Crippen molar-refractivity contribution in [3.8, 4) is 17.6 Å². The average molecular weight is 245 g/mol. The molecule has 1 atom stereocenters. The summed E-state index contributed by atoms with van der Waals surface area (Å²) in [7, 11) is 0. The fraction of sp³-hybridized carbons (Fsp3) is 0.467. The molecule has 0 spiro atoms. The van der Waals surface area contributed by atoms with Gasteiger partial charge in [-0.1, -0.05) is 11.8 Å². The minimum Gasteiger partial charge on any atom is -0.493 e. The van der Waals surface area contributed by atoms with Crippen LogP contribution in [0.25, 0.3) is 0 Å². The van der Waals surface area contributed by atoms with Crippen molar-refractivity contribution in [2.75, 3.05) is 26.4 Å². The smallest absolute Gasteiger partial charge is 0.122 e. The lowest BCUT2D eigenvalue weighted by atomic mass is 10.1. The molecule has 1 saturated heterocycles. The van der Waals surface area contributed by atoms with Gasteiger partial charge in [0, 0.05) is 18.1 Å². The maximum atomic E-state index is 5.83. The molecule has 1 fully saturated rings. The van der Waals surface area contributed by atoms with Crippen LogP contribution < -0.4 is 10.5 Å². The monoisotopic (exact) mass is 245 g/mol. The van der Waals surface area contributed by atoms with Crippen molar-refractivity contribution in [2.24, 2.45) is 11.7 Å². The molecule has 0 saturated carbocycles. The lowest BCUT2D eigenvalue weighted by molar-refractivity contribution is 0.167. The van der Waals surface area contributed by atoms with Crippen LogP contribution in [0, 0.1) is 24.7 Å². The van der Waals surface area contributed by atoms with Crippen LogP contribution in [-0.2, 0) is 4.74 Å². The van der Waals surface area contributed by atoms with Crippen LogP contribution in [0.5, 0.6) is 5.75 Å². The van der Waals surface area contributed by atoms with E-state index in [-0.39, 0.29) is 0 Å². The zero-order chi connectivity index (χ0) is 12.8. The molecule has 2 rings (SSSR count). The number of hydrogen-bond donors (Lipinski definition) is 1. The van der Waals surface area contributed by atoms with E-state index in [4.69, 9.17) is 15.2 Å². The Balaban J connectivity index is 1.96. The molecule has 0 aromatic heterocycles. The second-order valence-corrected chi connectivity index (χ2v) is 4.53. The van der Waals surface area contributed by atoms with Gasteiger partial charge in [-0.15, -0.1) is 0 Å². The maximum Gasteiger partial charge on any atom is 0.122 e. The van der Waals surface area contributed by atoms with Crippen molar-refractivity contribution in [2.45, 2.75) is 13.3 Å². The Morgan fingerprint density at radius 2 is 2.39 bits per heavy atom. The highest BCUT2D eigenvalue weighted by Gasteiger charge is 2.16. The van der Waals surface area contributed by atoms with Crippen LogP contribution in [0.4, 0.5) is 0 Å². The van der Waals surface area contributed by atoms with Gasteiger partial charge in [0.25, 0.3) is 0 Å². The summed E-state index contributed by atoms with van der Waals surface area (Å²) in [5.41, 5.74) is 7.44. The molecule has 1 aromatic rings. The molecule has 3 nitrogen and oxygen atoms in total. The number of rotatable bonds is 3. The van der Waals surface area contributed by atoms with Crippen LogP contribution in [-0.4, -0.2) is 26.4 Å². The molecule has 1 aromatic carbocycles. The molecule has 2 N–H and O–H groups in total. The highest BCUT2D eigenvalue weighted by molar-refractivity contribution is 5.43. The first kappa shape index (κ1) is 12.9. The number of benzene rings is 1. The quantitative estimate of drug-likeness (QED) is 0.825. The normalized spacial score (nSPS) is 18.2. The van der Waals surface area contributed by atoms with Crippen molar-refractivity contribution < 1.29 is 9.47 Å². The summed E-state index contributed by atoms with van der Waals surface area (Å²) in [5, 5.41) is 0. The summed E-state index contributed by atoms with van der Waals surface area (Å²) in [5.74, 6) is 7.33. The van der Waals surface area contributed by atoms with Gasteiger partial charge < -0.3 is 15.2 Å². The predicted molar refractivity (Wildman–Crippen MR) is 71.5 cm³/mol. The van der Waals surface area contributed by atoms with Crippen LogP contribution in [0.3, 0.4) is 0 Å². The van der Waals surface area contributed by atoms with Crippen LogP contribution >= 0.6 is 0 Å². The Morgan fingerprint density at radius 3 is 3.06 bits per heavy atom. The molecule has 0 bridgehead atoms. The van der Waals surface area contributed by atoms with Gasteiger partial charge in [-0.2, -0.15) is 0 Å². The van der Waals surface area contributed by atoms with Crippen molar-refractivity contribution in [3.63, 3.8) is 0 Å². The topological polar surface area (TPSA) is 44.5 Å². The summed E-state index contributed by atoms with van der Waals surface area (Å²) in [6.45, 7) is 4.83. The lowest BCUT2D eigenvalue weighted by Gasteiger charge is -2.12. The Bertz CT molecular complexity index is 453. The summed E-state index contributed by atoms with van der Waals surface area (Å²) in [6, 6.07) is 5.98. The Labute approximate surface area is 108 Å². The zero-order valence-electron chi connectivity index (χ0n) is 10.7. The second-order valence-electron chi connectivity index (χ2n) is 4.53. The van der Waals surface area contributed by atoms with E-state index in [1.54, 1.807) is 0 Å². The molecular formula is C15H19NO2. The maximum absolute atomic E-state index is 5.83. The molecule has 0 radical (unpaired) electrons. The van der Waals surface area contributed by atoms with Crippen molar-refractivity contribution in [1.82, 2.24) is 0 Å². The minimum atomic E-state index is 0.388.